The lowest BCUT2D eigenvalue weighted by molar-refractivity contribution is -0.278. The second-order valence-electron chi connectivity index (χ2n) is 11.5. The summed E-state index contributed by atoms with van der Waals surface area (Å²) in [4.78, 5) is 41.3. The number of nitrogens with zero attached hydrogens (tertiary/aromatic N) is 1. The maximum Gasteiger partial charge on any atom is 0.316 e. The molecule has 2 rings (SSSR count). The van der Waals surface area contributed by atoms with Crippen LogP contribution in [0.5, 0.6) is 0 Å². The molecule has 0 bridgehead atoms. The van der Waals surface area contributed by atoms with Crippen molar-refractivity contribution >= 4 is 17.5 Å². The van der Waals surface area contributed by atoms with Gasteiger partial charge in [0.05, 0.1) is 12.2 Å². The predicted molar refractivity (Wildman–Crippen MR) is 139 cm³/mol. The molecule has 2 aliphatic rings. The maximum atomic E-state index is 13.5. The minimum atomic E-state index is -1.57. The van der Waals surface area contributed by atoms with Crippen LogP contribution in [0.2, 0.25) is 0 Å². The monoisotopic (exact) mass is 525 g/mol. The third-order valence-electron chi connectivity index (χ3n) is 7.93. The molecule has 0 aromatic carbocycles. The number of hydrogen-bond donors (Lipinski definition) is 2. The van der Waals surface area contributed by atoms with Crippen molar-refractivity contribution in [2.75, 3.05) is 14.1 Å². The van der Waals surface area contributed by atoms with Gasteiger partial charge in [-0.1, -0.05) is 27.7 Å². The number of rotatable bonds is 4. The summed E-state index contributed by atoms with van der Waals surface area (Å²) in [6.45, 7) is 12.0. The van der Waals surface area contributed by atoms with Gasteiger partial charge in [0, 0.05) is 17.9 Å². The van der Waals surface area contributed by atoms with Crippen LogP contribution in [0.3, 0.4) is 0 Å². The van der Waals surface area contributed by atoms with E-state index in [-0.39, 0.29) is 29.6 Å². The first-order valence-corrected chi connectivity index (χ1v) is 13.5. The van der Waals surface area contributed by atoms with E-state index in [2.05, 4.69) is 0 Å². The number of aliphatic hydroxyl groups is 2. The fourth-order valence-electron chi connectivity index (χ4n) is 5.42. The van der Waals surface area contributed by atoms with E-state index < -0.39 is 53.9 Å². The van der Waals surface area contributed by atoms with Gasteiger partial charge in [0.2, 0.25) is 0 Å². The van der Waals surface area contributed by atoms with Crippen LogP contribution in [0.15, 0.2) is 12.2 Å². The van der Waals surface area contributed by atoms with Gasteiger partial charge in [-0.05, 0) is 72.2 Å². The number of esters is 1. The number of Topliss-reactive ketones (excluding diaryl/α,β-unsaturated/α-hetero) is 1. The zero-order valence-electron chi connectivity index (χ0n) is 23.8. The second kappa shape index (κ2) is 12.9. The van der Waals surface area contributed by atoms with Crippen molar-refractivity contribution in [3.05, 3.63) is 12.2 Å². The van der Waals surface area contributed by atoms with Crippen LogP contribution in [0.25, 0.3) is 0 Å². The number of cyclic esters (lactones) is 1. The molecule has 0 saturated carbocycles. The SMILES string of the molecule is CC[C@H]1OC(=O)[C@H](C)C(=O)[C@H](C)[C@@H](O[C@@H]2OC(C)C[C@@H](N(C)C)C2O)[C@@H](C)C[C@@H](C)C(=O)/C=C/[C@]1(C)O. The molecule has 11 atom stereocenters. The normalized spacial score (nSPS) is 43.8. The van der Waals surface area contributed by atoms with Crippen LogP contribution in [0.4, 0.5) is 0 Å². The molecule has 9 heteroatoms. The summed E-state index contributed by atoms with van der Waals surface area (Å²) in [6.07, 6.45) is 0.318. The highest BCUT2D eigenvalue weighted by atomic mass is 16.7. The molecular weight excluding hydrogens is 478 g/mol. The lowest BCUT2D eigenvalue weighted by atomic mass is 9.80. The van der Waals surface area contributed by atoms with E-state index in [9.17, 15) is 24.6 Å². The third-order valence-corrected chi connectivity index (χ3v) is 7.93. The van der Waals surface area contributed by atoms with Crippen LogP contribution in [-0.2, 0) is 28.6 Å². The molecule has 0 radical (unpaired) electrons. The van der Waals surface area contributed by atoms with Gasteiger partial charge in [-0.3, -0.25) is 14.4 Å². The van der Waals surface area contributed by atoms with Crippen molar-refractivity contribution in [3.8, 4) is 0 Å². The van der Waals surface area contributed by atoms with Crippen molar-refractivity contribution < 1.29 is 38.8 Å². The van der Waals surface area contributed by atoms with E-state index >= 15 is 0 Å². The smallest absolute Gasteiger partial charge is 0.316 e. The van der Waals surface area contributed by atoms with E-state index in [1.54, 1.807) is 20.8 Å². The quantitative estimate of drug-likeness (QED) is 0.421. The highest BCUT2D eigenvalue weighted by Crippen LogP contribution is 2.32. The molecule has 0 amide bonds. The van der Waals surface area contributed by atoms with Gasteiger partial charge in [-0.2, -0.15) is 0 Å². The molecule has 0 aromatic rings. The van der Waals surface area contributed by atoms with Crippen molar-refractivity contribution in [3.63, 3.8) is 0 Å². The fourth-order valence-corrected chi connectivity index (χ4v) is 5.42. The first-order valence-electron chi connectivity index (χ1n) is 13.5. The molecule has 2 N–H and O–H groups in total. The number of likely N-dealkylation sites (N-methyl/N-ethyl adjacent to an activating group) is 1. The molecule has 9 nitrogen and oxygen atoms in total. The molecule has 0 spiro atoms. The molecular formula is C28H47NO8. The second-order valence-corrected chi connectivity index (χ2v) is 11.5. The summed E-state index contributed by atoms with van der Waals surface area (Å²) in [7, 11) is 3.77. The Labute approximate surface area is 221 Å². The van der Waals surface area contributed by atoms with Crippen molar-refractivity contribution in [2.45, 2.75) is 110 Å². The summed E-state index contributed by atoms with van der Waals surface area (Å²) < 4.78 is 17.9. The highest BCUT2D eigenvalue weighted by molar-refractivity contribution is 6.00. The first-order chi connectivity index (χ1) is 17.1. The van der Waals surface area contributed by atoms with Crippen molar-refractivity contribution in [1.29, 1.82) is 0 Å². The zero-order chi connectivity index (χ0) is 28.2. The Bertz CT molecular complexity index is 840. The summed E-state index contributed by atoms with van der Waals surface area (Å²) in [5.41, 5.74) is -1.57. The predicted octanol–water partition coefficient (Wildman–Crippen LogP) is 2.51. The van der Waals surface area contributed by atoms with Crippen LogP contribution >= 0.6 is 0 Å². The third kappa shape index (κ3) is 7.69. The molecule has 2 aliphatic heterocycles. The molecule has 2 unspecified atom stereocenters. The molecule has 2 heterocycles. The minimum Gasteiger partial charge on any atom is -0.458 e. The van der Waals surface area contributed by atoms with Gasteiger partial charge in [-0.15, -0.1) is 0 Å². The number of carbonyl (C=O) groups excluding carboxylic acids is 3. The maximum absolute atomic E-state index is 13.5. The Hall–Kier alpha value is -1.65. The number of ether oxygens (including phenoxy) is 3. The number of aliphatic hydroxyl groups excluding tert-OH is 1. The van der Waals surface area contributed by atoms with Gasteiger partial charge in [0.15, 0.2) is 17.9 Å². The van der Waals surface area contributed by atoms with E-state index in [0.29, 0.717) is 19.3 Å². The molecule has 0 aromatic heterocycles. The molecule has 0 aliphatic carbocycles. The van der Waals surface area contributed by atoms with Crippen molar-refractivity contribution in [2.24, 2.45) is 23.7 Å². The van der Waals surface area contributed by atoms with Gasteiger partial charge in [-0.25, -0.2) is 0 Å². The van der Waals surface area contributed by atoms with E-state index in [0.717, 1.165) is 0 Å². The van der Waals surface area contributed by atoms with Crippen LogP contribution in [0, 0.1) is 23.7 Å². The Balaban J connectivity index is 2.44. The summed E-state index contributed by atoms with van der Waals surface area (Å²) in [6, 6.07) is -0.188. The zero-order valence-corrected chi connectivity index (χ0v) is 23.8. The Morgan fingerprint density at radius 1 is 1.11 bits per heavy atom. The fraction of sp³-hybridized carbons (Fsp3) is 0.821. The van der Waals surface area contributed by atoms with Crippen LogP contribution < -0.4 is 0 Å². The minimum absolute atomic E-state index is 0.168. The van der Waals surface area contributed by atoms with E-state index in [1.807, 2.05) is 32.8 Å². The summed E-state index contributed by atoms with van der Waals surface area (Å²) in [5, 5.41) is 21.9. The van der Waals surface area contributed by atoms with Gasteiger partial charge >= 0.3 is 5.97 Å². The highest BCUT2D eigenvalue weighted by Gasteiger charge is 2.44. The Morgan fingerprint density at radius 3 is 2.30 bits per heavy atom. The van der Waals surface area contributed by atoms with Crippen molar-refractivity contribution in [1.82, 2.24) is 4.90 Å². The number of allylic oxidation sites excluding steroid dienone is 1. The lowest BCUT2D eigenvalue weighted by Crippen LogP contribution is -2.56. The van der Waals surface area contributed by atoms with Gasteiger partial charge in [0.25, 0.3) is 0 Å². The van der Waals surface area contributed by atoms with E-state index in [1.165, 1.54) is 26.0 Å². The van der Waals surface area contributed by atoms with Gasteiger partial charge < -0.3 is 29.3 Å². The van der Waals surface area contributed by atoms with Crippen LogP contribution in [0.1, 0.15) is 67.7 Å². The largest absolute Gasteiger partial charge is 0.458 e. The Morgan fingerprint density at radius 2 is 1.73 bits per heavy atom. The average Bonchev–Trinajstić information content (AvgIpc) is 2.83. The first kappa shape index (κ1) is 31.6. The summed E-state index contributed by atoms with van der Waals surface area (Å²) in [5.74, 6) is -3.83. The average molecular weight is 526 g/mol. The molecule has 1 fully saturated rings. The van der Waals surface area contributed by atoms with Gasteiger partial charge in [0.1, 0.15) is 23.7 Å². The molecule has 1 saturated heterocycles. The number of hydrogen-bond acceptors (Lipinski definition) is 9. The number of ketones is 2. The molecule has 37 heavy (non-hydrogen) atoms. The standard InChI is InChI=1S/C28H47NO8/c1-10-22-28(7,34)12-11-21(30)15(2)13-16(3)25(18(5)23(31)19(6)26(33)36-22)37-27-24(32)20(29(8)9)14-17(4)35-27/h11-12,15-20,22,24-25,27,32,34H,10,13-14H2,1-9H3/b12-11+/t15-,16+,17?,18+,19-,20-,22-,24?,25+,27+,28+/m1/s1. The summed E-state index contributed by atoms with van der Waals surface area (Å²) >= 11 is 0. The topological polar surface area (TPSA) is 123 Å². The number of carbonyl (C=O) groups is 3. The molecule has 212 valence electrons. The van der Waals surface area contributed by atoms with Crippen LogP contribution in [-0.4, -0.2) is 89.1 Å². The Kier molecular flexibility index (Phi) is 11.0. The van der Waals surface area contributed by atoms with E-state index in [4.69, 9.17) is 14.2 Å². The lowest BCUT2D eigenvalue weighted by Gasteiger charge is -2.43.